The fraction of sp³-hybridized carbons (Fsp3) is 0.667. The number of aliphatic imine (C=N–C) groups is 1. The molecule has 7 heteroatoms. The van der Waals surface area contributed by atoms with Gasteiger partial charge in [-0.1, -0.05) is 0 Å². The smallest absolute Gasteiger partial charge is 0.191 e. The molecule has 0 aliphatic carbocycles. The molecule has 1 aromatic rings. The van der Waals surface area contributed by atoms with Crippen LogP contribution in [0.2, 0.25) is 0 Å². The minimum absolute atomic E-state index is 0.822. The van der Waals surface area contributed by atoms with E-state index in [-0.39, 0.29) is 0 Å². The van der Waals surface area contributed by atoms with Crippen molar-refractivity contribution in [2.24, 2.45) is 4.99 Å². The van der Waals surface area contributed by atoms with Gasteiger partial charge in [0, 0.05) is 51.8 Å². The summed E-state index contributed by atoms with van der Waals surface area (Å²) in [6, 6.07) is 4.35. The van der Waals surface area contributed by atoms with Gasteiger partial charge in [0.15, 0.2) is 5.96 Å². The van der Waals surface area contributed by atoms with Crippen LogP contribution in [0, 0.1) is 2.88 Å². The Bertz CT molecular complexity index is 439. The van der Waals surface area contributed by atoms with Crippen molar-refractivity contribution in [3.8, 4) is 0 Å². The molecule has 0 spiro atoms. The van der Waals surface area contributed by atoms with Crippen molar-refractivity contribution in [3.63, 3.8) is 0 Å². The average molecular weight is 438 g/mol. The maximum absolute atomic E-state index is 5.06. The molecular formula is C15H27IN4OS. The first-order valence-corrected chi connectivity index (χ1v) is 9.41. The fourth-order valence-electron chi connectivity index (χ4n) is 1.97. The van der Waals surface area contributed by atoms with E-state index in [1.165, 1.54) is 7.76 Å². The van der Waals surface area contributed by atoms with Crippen molar-refractivity contribution in [2.45, 2.75) is 12.8 Å². The van der Waals surface area contributed by atoms with Crippen molar-refractivity contribution in [1.82, 2.24) is 15.5 Å². The van der Waals surface area contributed by atoms with Crippen LogP contribution in [0.25, 0.3) is 0 Å². The SMILES string of the molecule is CN=C(NCCc1ccc(I)s1)NCCN(C)CCCOC. The third-order valence-electron chi connectivity index (χ3n) is 3.19. The summed E-state index contributed by atoms with van der Waals surface area (Å²) < 4.78 is 6.40. The highest BCUT2D eigenvalue weighted by atomic mass is 127. The van der Waals surface area contributed by atoms with Crippen LogP contribution in [-0.2, 0) is 11.2 Å². The highest BCUT2D eigenvalue weighted by Gasteiger charge is 2.01. The lowest BCUT2D eigenvalue weighted by Gasteiger charge is -2.18. The molecule has 0 amide bonds. The monoisotopic (exact) mass is 438 g/mol. The Morgan fingerprint density at radius 2 is 2.09 bits per heavy atom. The van der Waals surface area contributed by atoms with Crippen LogP contribution >= 0.6 is 33.9 Å². The molecule has 0 aliphatic heterocycles. The molecule has 126 valence electrons. The normalized spacial score (nSPS) is 12.0. The molecule has 1 aromatic heterocycles. The number of rotatable bonds is 10. The Labute approximate surface area is 151 Å². The van der Waals surface area contributed by atoms with Gasteiger partial charge < -0.3 is 20.3 Å². The first-order chi connectivity index (χ1) is 10.7. The van der Waals surface area contributed by atoms with Gasteiger partial charge in [-0.2, -0.15) is 0 Å². The quantitative estimate of drug-likeness (QED) is 0.254. The van der Waals surface area contributed by atoms with Gasteiger partial charge >= 0.3 is 0 Å². The van der Waals surface area contributed by atoms with Crippen molar-refractivity contribution < 1.29 is 4.74 Å². The molecule has 22 heavy (non-hydrogen) atoms. The van der Waals surface area contributed by atoms with Crippen LogP contribution in [0.15, 0.2) is 17.1 Å². The summed E-state index contributed by atoms with van der Waals surface area (Å²) in [7, 11) is 5.69. The van der Waals surface area contributed by atoms with E-state index in [1.54, 1.807) is 7.11 Å². The molecule has 0 aromatic carbocycles. The zero-order chi connectivity index (χ0) is 16.2. The van der Waals surface area contributed by atoms with Gasteiger partial charge in [0.1, 0.15) is 0 Å². The summed E-state index contributed by atoms with van der Waals surface area (Å²) in [6.45, 7) is 4.66. The van der Waals surface area contributed by atoms with E-state index in [2.05, 4.69) is 62.3 Å². The summed E-state index contributed by atoms with van der Waals surface area (Å²) in [4.78, 5) is 7.96. The van der Waals surface area contributed by atoms with E-state index < -0.39 is 0 Å². The number of hydrogen-bond donors (Lipinski definition) is 2. The molecule has 0 unspecified atom stereocenters. The number of nitrogens with one attached hydrogen (secondary N) is 2. The lowest BCUT2D eigenvalue weighted by atomic mass is 10.3. The molecule has 0 saturated heterocycles. The second-order valence-corrected chi connectivity index (χ2v) is 8.09. The molecule has 0 atom stereocenters. The van der Waals surface area contributed by atoms with Crippen LogP contribution in [0.1, 0.15) is 11.3 Å². The number of thiophene rings is 1. The van der Waals surface area contributed by atoms with Gasteiger partial charge in [0.25, 0.3) is 0 Å². The van der Waals surface area contributed by atoms with Gasteiger partial charge in [-0.15, -0.1) is 11.3 Å². The average Bonchev–Trinajstić information content (AvgIpc) is 2.91. The van der Waals surface area contributed by atoms with Crippen LogP contribution in [0.5, 0.6) is 0 Å². The summed E-state index contributed by atoms with van der Waals surface area (Å²) in [5, 5.41) is 6.71. The minimum atomic E-state index is 0.822. The molecule has 0 fully saturated rings. The van der Waals surface area contributed by atoms with Crippen LogP contribution < -0.4 is 10.6 Å². The second kappa shape index (κ2) is 12.1. The van der Waals surface area contributed by atoms with Crippen LogP contribution in [-0.4, -0.2) is 64.9 Å². The first kappa shape index (κ1) is 19.7. The summed E-state index contributed by atoms with van der Waals surface area (Å²) in [6.07, 6.45) is 2.10. The zero-order valence-electron chi connectivity index (χ0n) is 13.7. The lowest BCUT2D eigenvalue weighted by Crippen LogP contribution is -2.41. The number of likely N-dealkylation sites (N-methyl/N-ethyl adjacent to an activating group) is 1. The van der Waals surface area contributed by atoms with E-state index in [4.69, 9.17) is 4.74 Å². The predicted octanol–water partition coefficient (Wildman–Crippen LogP) is 2.03. The van der Waals surface area contributed by atoms with Gasteiger partial charge in [-0.05, 0) is 54.6 Å². The Morgan fingerprint density at radius 1 is 1.32 bits per heavy atom. The number of halogens is 1. The topological polar surface area (TPSA) is 48.9 Å². The third-order valence-corrected chi connectivity index (χ3v) is 5.14. The van der Waals surface area contributed by atoms with E-state index in [1.807, 2.05) is 18.4 Å². The van der Waals surface area contributed by atoms with Crippen molar-refractivity contribution in [3.05, 3.63) is 19.9 Å². The Hall–Kier alpha value is -0.380. The van der Waals surface area contributed by atoms with Crippen molar-refractivity contribution in [1.29, 1.82) is 0 Å². The molecule has 0 radical (unpaired) electrons. The highest BCUT2D eigenvalue weighted by Crippen LogP contribution is 2.18. The Kier molecular flexibility index (Phi) is 10.8. The molecule has 1 rings (SSSR count). The summed E-state index contributed by atoms with van der Waals surface area (Å²) in [5.41, 5.74) is 0. The molecule has 1 heterocycles. The standard InChI is InChI=1S/C15H27IN4OS/c1-17-15(18-8-7-13-5-6-14(16)22-13)19-9-11-20(2)10-4-12-21-3/h5-6H,4,7-12H2,1-3H3,(H2,17,18,19). The van der Waals surface area contributed by atoms with Crippen molar-refractivity contribution >= 4 is 39.9 Å². The van der Waals surface area contributed by atoms with Gasteiger partial charge in [-0.25, -0.2) is 0 Å². The largest absolute Gasteiger partial charge is 0.385 e. The van der Waals surface area contributed by atoms with E-state index in [0.29, 0.717) is 0 Å². The van der Waals surface area contributed by atoms with Gasteiger partial charge in [-0.3, -0.25) is 4.99 Å². The van der Waals surface area contributed by atoms with E-state index >= 15 is 0 Å². The number of ether oxygens (including phenoxy) is 1. The number of guanidine groups is 1. The predicted molar refractivity (Wildman–Crippen MR) is 104 cm³/mol. The van der Waals surface area contributed by atoms with E-state index in [0.717, 1.165) is 51.6 Å². The summed E-state index contributed by atoms with van der Waals surface area (Å²) >= 11 is 4.21. The Morgan fingerprint density at radius 3 is 2.73 bits per heavy atom. The molecule has 5 nitrogen and oxygen atoms in total. The molecule has 0 saturated carbocycles. The molecular weight excluding hydrogens is 411 g/mol. The molecule has 0 bridgehead atoms. The maximum atomic E-state index is 5.06. The van der Waals surface area contributed by atoms with Gasteiger partial charge in [0.2, 0.25) is 0 Å². The number of methoxy groups -OCH3 is 1. The molecule has 2 N–H and O–H groups in total. The number of nitrogens with zero attached hydrogens (tertiary/aromatic N) is 2. The van der Waals surface area contributed by atoms with Gasteiger partial charge in [0.05, 0.1) is 2.88 Å². The highest BCUT2D eigenvalue weighted by molar-refractivity contribution is 14.1. The van der Waals surface area contributed by atoms with Crippen molar-refractivity contribution in [2.75, 3.05) is 54.0 Å². The lowest BCUT2D eigenvalue weighted by molar-refractivity contribution is 0.180. The van der Waals surface area contributed by atoms with Crippen LogP contribution in [0.4, 0.5) is 0 Å². The van der Waals surface area contributed by atoms with Crippen LogP contribution in [0.3, 0.4) is 0 Å². The van der Waals surface area contributed by atoms with E-state index in [9.17, 15) is 0 Å². The second-order valence-electron chi connectivity index (χ2n) is 5.03. The Balaban J connectivity index is 2.11. The molecule has 0 aliphatic rings. The third kappa shape index (κ3) is 8.92. The number of hydrogen-bond acceptors (Lipinski definition) is 4. The zero-order valence-corrected chi connectivity index (χ0v) is 16.7. The summed E-state index contributed by atoms with van der Waals surface area (Å²) in [5.74, 6) is 0.872. The minimum Gasteiger partial charge on any atom is -0.385 e. The first-order valence-electron chi connectivity index (χ1n) is 7.52. The fourth-order valence-corrected chi connectivity index (χ4v) is 3.72. The maximum Gasteiger partial charge on any atom is 0.191 e.